The van der Waals surface area contributed by atoms with E-state index in [2.05, 4.69) is 51.1 Å². The van der Waals surface area contributed by atoms with Crippen molar-refractivity contribution in [1.29, 1.82) is 0 Å². The van der Waals surface area contributed by atoms with E-state index < -0.39 is 0 Å². The molecule has 2 nitrogen and oxygen atoms in total. The quantitative estimate of drug-likeness (QED) is 0.507. The topological polar surface area (TPSA) is 30.0 Å². The first kappa shape index (κ1) is 19.0. The van der Waals surface area contributed by atoms with Crippen LogP contribution in [-0.4, -0.2) is 10.8 Å². The van der Waals surface area contributed by atoms with E-state index in [1.165, 1.54) is 39.5 Å². The van der Waals surface area contributed by atoms with Crippen molar-refractivity contribution in [3.63, 3.8) is 0 Å². The maximum atomic E-state index is 12.7. The fourth-order valence-electron chi connectivity index (χ4n) is 7.58. The van der Waals surface area contributed by atoms with Crippen LogP contribution in [-0.2, 0) is 11.2 Å². The highest BCUT2D eigenvalue weighted by molar-refractivity contribution is 7.16. The molecule has 0 spiro atoms. The zero-order valence-electron chi connectivity index (χ0n) is 18.3. The third-order valence-electron chi connectivity index (χ3n) is 9.37. The van der Waals surface area contributed by atoms with Crippen molar-refractivity contribution in [3.05, 3.63) is 46.5 Å². The molecule has 2 fully saturated rings. The van der Waals surface area contributed by atoms with Gasteiger partial charge in [0.15, 0.2) is 0 Å². The van der Waals surface area contributed by atoms with E-state index in [1.807, 2.05) is 11.3 Å². The summed E-state index contributed by atoms with van der Waals surface area (Å²) in [6.45, 7) is 7.00. The second-order valence-electron chi connectivity index (χ2n) is 10.7. The summed E-state index contributed by atoms with van der Waals surface area (Å²) in [5.41, 5.74) is 5.70. The maximum absolute atomic E-state index is 12.7. The summed E-state index contributed by atoms with van der Waals surface area (Å²) in [5.74, 6) is 2.55. The summed E-state index contributed by atoms with van der Waals surface area (Å²) in [6.07, 6.45) is 10.3. The van der Waals surface area contributed by atoms with Crippen LogP contribution in [0.2, 0.25) is 0 Å². The highest BCUT2D eigenvalue weighted by Gasteiger charge is 2.58. The van der Waals surface area contributed by atoms with Gasteiger partial charge in [-0.25, -0.2) is 4.98 Å². The van der Waals surface area contributed by atoms with Crippen molar-refractivity contribution in [1.82, 2.24) is 4.98 Å². The molecule has 0 amide bonds. The number of hydrogen-bond donors (Lipinski definition) is 0. The summed E-state index contributed by atoms with van der Waals surface area (Å²) < 4.78 is 0. The summed E-state index contributed by atoms with van der Waals surface area (Å²) >= 11 is 1.91. The van der Waals surface area contributed by atoms with Crippen LogP contribution < -0.4 is 0 Å². The molecule has 0 unspecified atom stereocenters. The van der Waals surface area contributed by atoms with E-state index in [0.29, 0.717) is 17.6 Å². The van der Waals surface area contributed by atoms with Gasteiger partial charge >= 0.3 is 0 Å². The molecule has 3 heteroatoms. The Balaban J connectivity index is 1.41. The molecule has 0 bridgehead atoms. The minimum Gasteiger partial charge on any atom is -0.299 e. The Morgan fingerprint density at radius 3 is 2.67 bits per heavy atom. The number of rotatable bonds is 1. The van der Waals surface area contributed by atoms with Crippen molar-refractivity contribution in [2.75, 3.05) is 0 Å². The number of fused-ring (bicyclic) bond motifs is 7. The summed E-state index contributed by atoms with van der Waals surface area (Å²) in [7, 11) is 0. The van der Waals surface area contributed by atoms with Crippen molar-refractivity contribution in [3.8, 4) is 10.6 Å². The number of nitrogens with zero attached hydrogens (tertiary/aromatic N) is 1. The second kappa shape index (κ2) is 6.38. The third kappa shape index (κ3) is 2.42. The highest BCUT2D eigenvalue weighted by Crippen LogP contribution is 2.65. The SMILES string of the molecule is Cc1ccccc1-c1nc2c(s1)C1=CC[C@@H]3[C@H](CC[C@]4(C)C(=O)CC[C@@H]34)[C@@]1(C)CC2. The van der Waals surface area contributed by atoms with Crippen LogP contribution in [0.4, 0.5) is 0 Å². The monoisotopic (exact) mass is 417 g/mol. The lowest BCUT2D eigenvalue weighted by Gasteiger charge is -2.55. The van der Waals surface area contributed by atoms with Gasteiger partial charge in [0.2, 0.25) is 0 Å². The van der Waals surface area contributed by atoms with Crippen LogP contribution in [0.5, 0.6) is 0 Å². The number of aromatic nitrogens is 1. The number of hydrogen-bond acceptors (Lipinski definition) is 3. The molecule has 30 heavy (non-hydrogen) atoms. The number of carbonyl (C=O) groups excluding carboxylic acids is 1. The van der Waals surface area contributed by atoms with Crippen molar-refractivity contribution >= 4 is 22.7 Å². The van der Waals surface area contributed by atoms with E-state index >= 15 is 0 Å². The average molecular weight is 418 g/mol. The van der Waals surface area contributed by atoms with Crippen LogP contribution in [0.15, 0.2) is 30.3 Å². The zero-order valence-corrected chi connectivity index (χ0v) is 19.1. The van der Waals surface area contributed by atoms with E-state index in [-0.39, 0.29) is 10.8 Å². The van der Waals surface area contributed by atoms with Crippen molar-refractivity contribution in [2.45, 2.75) is 65.7 Å². The molecule has 4 aliphatic carbocycles. The van der Waals surface area contributed by atoms with Gasteiger partial charge in [0.05, 0.1) is 10.6 Å². The van der Waals surface area contributed by atoms with Crippen LogP contribution in [0.25, 0.3) is 16.1 Å². The molecule has 1 aromatic carbocycles. The lowest BCUT2D eigenvalue weighted by atomic mass is 9.48. The van der Waals surface area contributed by atoms with E-state index in [9.17, 15) is 4.79 Å². The first-order chi connectivity index (χ1) is 14.4. The lowest BCUT2D eigenvalue weighted by molar-refractivity contribution is -0.131. The number of Topliss-reactive ketones (excluding diaryl/α,β-unsaturated/α-hetero) is 1. The summed E-state index contributed by atoms with van der Waals surface area (Å²) in [6, 6.07) is 8.63. The number of benzene rings is 1. The Morgan fingerprint density at radius 2 is 1.83 bits per heavy atom. The summed E-state index contributed by atoms with van der Waals surface area (Å²) in [4.78, 5) is 19.2. The third-order valence-corrected chi connectivity index (χ3v) is 10.5. The molecular formula is C27H31NOS. The Hall–Kier alpha value is -1.74. The highest BCUT2D eigenvalue weighted by atomic mass is 32.1. The molecule has 4 aliphatic rings. The normalized spacial score (nSPS) is 37.1. The first-order valence-corrected chi connectivity index (χ1v) is 12.5. The molecule has 2 aromatic rings. The van der Waals surface area contributed by atoms with Crippen LogP contribution in [0.1, 0.15) is 68.5 Å². The molecule has 0 N–H and O–H groups in total. The van der Waals surface area contributed by atoms with Crippen molar-refractivity contribution in [2.24, 2.45) is 28.6 Å². The first-order valence-electron chi connectivity index (χ1n) is 11.7. The van der Waals surface area contributed by atoms with Crippen LogP contribution >= 0.6 is 11.3 Å². The number of aryl methyl sites for hydroxylation is 2. The van der Waals surface area contributed by atoms with E-state index in [0.717, 1.165) is 38.0 Å². The Labute approximate surface area is 183 Å². The van der Waals surface area contributed by atoms with Gasteiger partial charge in [-0.3, -0.25) is 4.79 Å². The fraction of sp³-hybridized carbons (Fsp3) is 0.556. The van der Waals surface area contributed by atoms with Crippen molar-refractivity contribution < 1.29 is 4.79 Å². The summed E-state index contributed by atoms with van der Waals surface area (Å²) in [5, 5.41) is 1.18. The molecule has 0 radical (unpaired) electrons. The van der Waals surface area contributed by atoms with Crippen LogP contribution in [0, 0.1) is 35.5 Å². The van der Waals surface area contributed by atoms with Gasteiger partial charge in [-0.2, -0.15) is 0 Å². The molecule has 6 rings (SSSR count). The van der Waals surface area contributed by atoms with Gasteiger partial charge in [0, 0.05) is 17.4 Å². The van der Waals surface area contributed by atoms with E-state index in [1.54, 1.807) is 5.57 Å². The fourth-order valence-corrected chi connectivity index (χ4v) is 8.96. The number of allylic oxidation sites excluding steroid dienone is 2. The predicted octanol–water partition coefficient (Wildman–Crippen LogP) is 6.87. The number of ketones is 1. The minimum atomic E-state index is -0.0365. The number of thiazole rings is 1. The lowest BCUT2D eigenvalue weighted by Crippen LogP contribution is -2.49. The zero-order chi connectivity index (χ0) is 20.7. The standard InChI is InChI=1S/C27H31NOS/c1-16-6-4-5-7-17(16)25-28-22-13-15-26(2)20-12-14-27(3)19(10-11-23(27)29)18(20)8-9-21(26)24(22)30-25/h4-7,9,18-20H,8,10-15H2,1-3H3/t18-,19-,20-,26+,27-/m0/s1. The Bertz CT molecular complexity index is 1080. The smallest absolute Gasteiger partial charge is 0.139 e. The molecule has 0 saturated heterocycles. The van der Waals surface area contributed by atoms with Gasteiger partial charge in [-0.05, 0) is 79.8 Å². The Kier molecular flexibility index (Phi) is 4.04. The molecule has 2 saturated carbocycles. The molecule has 156 valence electrons. The largest absolute Gasteiger partial charge is 0.299 e. The molecule has 1 heterocycles. The van der Waals surface area contributed by atoms with Crippen LogP contribution in [0.3, 0.4) is 0 Å². The number of carbonyl (C=O) groups is 1. The minimum absolute atomic E-state index is 0.0365. The van der Waals surface area contributed by atoms with Gasteiger partial charge in [-0.1, -0.05) is 44.2 Å². The molecule has 5 atom stereocenters. The van der Waals surface area contributed by atoms with Gasteiger partial charge < -0.3 is 0 Å². The predicted molar refractivity (Wildman–Crippen MR) is 123 cm³/mol. The second-order valence-corrected chi connectivity index (χ2v) is 11.7. The van der Waals surface area contributed by atoms with Gasteiger partial charge in [0.25, 0.3) is 0 Å². The average Bonchev–Trinajstić information content (AvgIpc) is 3.29. The molecular weight excluding hydrogens is 386 g/mol. The molecule has 0 aliphatic heterocycles. The van der Waals surface area contributed by atoms with E-state index in [4.69, 9.17) is 4.98 Å². The molecule has 1 aromatic heterocycles. The van der Waals surface area contributed by atoms with Gasteiger partial charge in [-0.15, -0.1) is 11.3 Å². The maximum Gasteiger partial charge on any atom is 0.139 e. The Morgan fingerprint density at radius 1 is 1.03 bits per heavy atom. The van der Waals surface area contributed by atoms with Gasteiger partial charge in [0.1, 0.15) is 10.8 Å².